The van der Waals surface area contributed by atoms with Gasteiger partial charge in [-0.3, -0.25) is 4.79 Å². The first-order chi connectivity index (χ1) is 10.4. The molecule has 1 saturated heterocycles. The molecule has 1 amide bonds. The van der Waals surface area contributed by atoms with E-state index >= 15 is 0 Å². The highest BCUT2D eigenvalue weighted by Gasteiger charge is 2.30. The first kappa shape index (κ1) is 16.8. The maximum absolute atomic E-state index is 12.4. The number of nitrogens with zero attached hydrogens (tertiary/aromatic N) is 1. The van der Waals surface area contributed by atoms with Gasteiger partial charge < -0.3 is 10.1 Å². The van der Waals surface area contributed by atoms with E-state index in [9.17, 15) is 13.2 Å². The Morgan fingerprint density at radius 1 is 1.41 bits per heavy atom. The first-order valence-corrected chi connectivity index (χ1v) is 9.24. The maximum Gasteiger partial charge on any atom is 0.228 e. The van der Waals surface area contributed by atoms with Crippen LogP contribution in [0.25, 0.3) is 0 Å². The summed E-state index contributed by atoms with van der Waals surface area (Å²) < 4.78 is 30.1. The fraction of sp³-hybridized carbons (Fsp3) is 0.533. The minimum absolute atomic E-state index is 0.166. The van der Waals surface area contributed by atoms with E-state index in [-0.39, 0.29) is 18.4 Å². The molecular weight excluding hydrogens is 304 g/mol. The second-order valence-electron chi connectivity index (χ2n) is 5.38. The molecule has 1 aliphatic heterocycles. The highest BCUT2D eigenvalue weighted by Crippen LogP contribution is 2.26. The van der Waals surface area contributed by atoms with Crippen LogP contribution >= 0.6 is 0 Å². The predicted octanol–water partition coefficient (Wildman–Crippen LogP) is 1.70. The molecule has 0 spiro atoms. The summed E-state index contributed by atoms with van der Waals surface area (Å²) in [6.45, 7) is 3.11. The summed E-state index contributed by atoms with van der Waals surface area (Å²) in [6, 6.07) is 7.23. The molecule has 2 rings (SSSR count). The lowest BCUT2D eigenvalue weighted by Crippen LogP contribution is -2.43. The smallest absolute Gasteiger partial charge is 0.228 e. The van der Waals surface area contributed by atoms with Gasteiger partial charge in [0.15, 0.2) is 0 Å². The maximum atomic E-state index is 12.4. The number of sulfonamides is 1. The van der Waals surface area contributed by atoms with Crippen molar-refractivity contribution in [2.75, 3.05) is 31.3 Å². The van der Waals surface area contributed by atoms with Crippen molar-refractivity contribution >= 4 is 21.6 Å². The Hall–Kier alpha value is -1.60. The summed E-state index contributed by atoms with van der Waals surface area (Å²) in [5, 5.41) is 2.85. The normalized spacial score (nSPS) is 19.6. The molecule has 22 heavy (non-hydrogen) atoms. The molecule has 0 saturated carbocycles. The summed E-state index contributed by atoms with van der Waals surface area (Å²) in [5.41, 5.74) is 0.617. The molecule has 0 bridgehead atoms. The summed E-state index contributed by atoms with van der Waals surface area (Å²) in [5.74, 6) is 0.118. The van der Waals surface area contributed by atoms with Crippen molar-refractivity contribution in [2.24, 2.45) is 5.92 Å². The fourth-order valence-electron chi connectivity index (χ4n) is 2.54. The van der Waals surface area contributed by atoms with Gasteiger partial charge in [-0.25, -0.2) is 12.7 Å². The van der Waals surface area contributed by atoms with Gasteiger partial charge in [-0.1, -0.05) is 12.1 Å². The van der Waals surface area contributed by atoms with Gasteiger partial charge in [-0.05, 0) is 31.9 Å². The van der Waals surface area contributed by atoms with Crippen molar-refractivity contribution in [3.05, 3.63) is 24.3 Å². The van der Waals surface area contributed by atoms with Crippen LogP contribution in [0.4, 0.5) is 5.69 Å². The molecule has 1 N–H and O–H groups in total. The Bertz CT molecular complexity index is 630. The summed E-state index contributed by atoms with van der Waals surface area (Å²) >= 11 is 0. The molecule has 1 aliphatic rings. The van der Waals surface area contributed by atoms with Gasteiger partial charge in [0.2, 0.25) is 15.9 Å². The van der Waals surface area contributed by atoms with Gasteiger partial charge in [0.25, 0.3) is 0 Å². The van der Waals surface area contributed by atoms with Crippen molar-refractivity contribution in [1.82, 2.24) is 4.31 Å². The number of hydrogen-bond acceptors (Lipinski definition) is 4. The zero-order valence-corrected chi connectivity index (χ0v) is 13.7. The van der Waals surface area contributed by atoms with Crippen molar-refractivity contribution in [2.45, 2.75) is 19.8 Å². The van der Waals surface area contributed by atoms with E-state index in [4.69, 9.17) is 4.74 Å². The number of nitrogens with one attached hydrogen (secondary N) is 1. The van der Waals surface area contributed by atoms with E-state index in [0.717, 1.165) is 0 Å². The summed E-state index contributed by atoms with van der Waals surface area (Å²) in [7, 11) is -3.25. The Balaban J connectivity index is 2.06. The minimum Gasteiger partial charge on any atom is -0.492 e. The number of hydrogen-bond donors (Lipinski definition) is 1. The van der Waals surface area contributed by atoms with E-state index in [1.165, 1.54) is 10.6 Å². The molecule has 6 nitrogen and oxygen atoms in total. The van der Waals surface area contributed by atoms with Crippen molar-refractivity contribution in [3.63, 3.8) is 0 Å². The van der Waals surface area contributed by atoms with Crippen LogP contribution in [0.15, 0.2) is 24.3 Å². The molecule has 1 atom stereocenters. The molecular formula is C15H22N2O4S. The number of piperidine rings is 1. The van der Waals surface area contributed by atoms with Gasteiger partial charge in [0.1, 0.15) is 5.75 Å². The Morgan fingerprint density at radius 3 is 2.82 bits per heavy atom. The molecule has 1 fully saturated rings. The third-order valence-corrected chi connectivity index (χ3v) is 4.94. The highest BCUT2D eigenvalue weighted by atomic mass is 32.2. The number of rotatable bonds is 5. The first-order valence-electron chi connectivity index (χ1n) is 7.39. The number of anilines is 1. The Labute approximate surface area is 131 Å². The standard InChI is InChI=1S/C15H22N2O4S/c1-3-21-14-9-5-4-8-13(14)16-15(18)12-7-6-10-17(11-12)22(2,19)20/h4-5,8-9,12H,3,6-7,10-11H2,1-2H3,(H,16,18)/t12-/m1/s1. The van der Waals surface area contributed by atoms with Gasteiger partial charge in [-0.15, -0.1) is 0 Å². The van der Waals surface area contributed by atoms with Crippen LogP contribution in [0.3, 0.4) is 0 Å². The zero-order chi connectivity index (χ0) is 16.2. The quantitative estimate of drug-likeness (QED) is 0.893. The minimum atomic E-state index is -3.25. The van der Waals surface area contributed by atoms with Crippen LogP contribution in [0, 0.1) is 5.92 Å². The third-order valence-electron chi connectivity index (χ3n) is 3.67. The molecule has 1 heterocycles. The molecule has 0 aromatic heterocycles. The van der Waals surface area contributed by atoms with Crippen LogP contribution in [-0.2, 0) is 14.8 Å². The molecule has 122 valence electrons. The van der Waals surface area contributed by atoms with E-state index in [0.29, 0.717) is 37.4 Å². The fourth-order valence-corrected chi connectivity index (χ4v) is 3.46. The van der Waals surface area contributed by atoms with Crippen molar-refractivity contribution < 1.29 is 17.9 Å². The molecule has 0 unspecified atom stereocenters. The second-order valence-corrected chi connectivity index (χ2v) is 7.36. The number of carbonyl (C=O) groups is 1. The van der Waals surface area contributed by atoms with Gasteiger partial charge in [0.05, 0.1) is 24.5 Å². The van der Waals surface area contributed by atoms with Gasteiger partial charge in [-0.2, -0.15) is 0 Å². The molecule has 0 radical (unpaired) electrons. The zero-order valence-electron chi connectivity index (χ0n) is 12.9. The van der Waals surface area contributed by atoms with E-state index in [1.807, 2.05) is 19.1 Å². The average Bonchev–Trinajstić information content (AvgIpc) is 2.49. The topological polar surface area (TPSA) is 75.7 Å². The number of para-hydroxylation sites is 2. The SMILES string of the molecule is CCOc1ccccc1NC(=O)[C@@H]1CCCN(S(C)(=O)=O)C1. The second kappa shape index (κ2) is 7.11. The van der Waals surface area contributed by atoms with Crippen molar-refractivity contribution in [1.29, 1.82) is 0 Å². The average molecular weight is 326 g/mol. The largest absolute Gasteiger partial charge is 0.492 e. The van der Waals surface area contributed by atoms with Gasteiger partial charge >= 0.3 is 0 Å². The monoisotopic (exact) mass is 326 g/mol. The van der Waals surface area contributed by atoms with Crippen molar-refractivity contribution in [3.8, 4) is 5.75 Å². The lowest BCUT2D eigenvalue weighted by Gasteiger charge is -2.30. The summed E-state index contributed by atoms with van der Waals surface area (Å²) in [6.07, 6.45) is 2.56. The van der Waals surface area contributed by atoms with Crippen LogP contribution in [-0.4, -0.2) is 44.6 Å². The molecule has 1 aromatic carbocycles. The third kappa shape index (κ3) is 4.20. The predicted molar refractivity (Wildman–Crippen MR) is 85.4 cm³/mol. The van der Waals surface area contributed by atoms with Gasteiger partial charge in [0, 0.05) is 13.1 Å². The molecule has 1 aromatic rings. The number of carbonyl (C=O) groups excluding carboxylic acids is 1. The highest BCUT2D eigenvalue weighted by molar-refractivity contribution is 7.88. The van der Waals surface area contributed by atoms with E-state index in [2.05, 4.69) is 5.32 Å². The Morgan fingerprint density at radius 2 is 2.14 bits per heavy atom. The number of benzene rings is 1. The van der Waals surface area contributed by atoms with Crippen LogP contribution in [0.2, 0.25) is 0 Å². The van der Waals surface area contributed by atoms with E-state index in [1.54, 1.807) is 12.1 Å². The van der Waals surface area contributed by atoms with E-state index < -0.39 is 10.0 Å². The number of amides is 1. The summed E-state index contributed by atoms with van der Waals surface area (Å²) in [4.78, 5) is 12.4. The lowest BCUT2D eigenvalue weighted by molar-refractivity contribution is -0.120. The van der Waals surface area contributed by atoms with Crippen LogP contribution in [0.1, 0.15) is 19.8 Å². The Kier molecular flexibility index (Phi) is 5.42. The lowest BCUT2D eigenvalue weighted by atomic mass is 9.98. The molecule has 7 heteroatoms. The van der Waals surface area contributed by atoms with Crippen LogP contribution < -0.4 is 10.1 Å². The van der Waals surface area contributed by atoms with Crippen LogP contribution in [0.5, 0.6) is 5.75 Å². The molecule has 0 aliphatic carbocycles. The number of ether oxygens (including phenoxy) is 1.